The number of carbonyl (C=O) groups excluding carboxylic acids is 2. The largest absolute Gasteiger partial charge is 0.490 e. The van der Waals surface area contributed by atoms with Crippen LogP contribution in [0.2, 0.25) is 0 Å². The number of rotatable bonds is 7. The van der Waals surface area contributed by atoms with E-state index >= 15 is 0 Å². The van der Waals surface area contributed by atoms with Gasteiger partial charge in [-0.25, -0.2) is 9.18 Å². The number of fused-ring (bicyclic) bond motifs is 1. The van der Waals surface area contributed by atoms with Crippen molar-refractivity contribution in [3.05, 3.63) is 41.7 Å². The molecule has 0 radical (unpaired) electrons. The van der Waals surface area contributed by atoms with Gasteiger partial charge in [-0.3, -0.25) is 4.79 Å². The Kier molecular flexibility index (Phi) is 7.00. The lowest BCUT2D eigenvalue weighted by Crippen LogP contribution is -2.25. The molecule has 0 aliphatic carbocycles. The van der Waals surface area contributed by atoms with E-state index < -0.39 is 17.4 Å². The topological polar surface area (TPSA) is 61.8 Å². The Labute approximate surface area is 164 Å². The van der Waals surface area contributed by atoms with Gasteiger partial charge in [-0.2, -0.15) is 0 Å². The molecule has 0 bridgehead atoms. The molecule has 0 aliphatic rings. The van der Waals surface area contributed by atoms with Crippen LogP contribution in [0.5, 0.6) is 5.75 Å². The predicted molar refractivity (Wildman–Crippen MR) is 105 cm³/mol. The van der Waals surface area contributed by atoms with Gasteiger partial charge in [-0.1, -0.05) is 19.1 Å². The molecule has 0 saturated heterocycles. The molecule has 152 valence electrons. The van der Waals surface area contributed by atoms with E-state index in [1.54, 1.807) is 18.2 Å². The molecule has 1 atom stereocenters. The molecule has 6 heteroatoms. The fraction of sp³-hybridized carbons (Fsp3) is 0.455. The van der Waals surface area contributed by atoms with Crippen LogP contribution < -0.4 is 4.74 Å². The third-order valence-electron chi connectivity index (χ3n) is 4.17. The van der Waals surface area contributed by atoms with Crippen LogP contribution in [-0.4, -0.2) is 30.8 Å². The van der Waals surface area contributed by atoms with E-state index in [1.807, 2.05) is 27.7 Å². The van der Waals surface area contributed by atoms with Crippen LogP contribution in [0.1, 0.15) is 57.3 Å². The first-order chi connectivity index (χ1) is 13.1. The summed E-state index contributed by atoms with van der Waals surface area (Å²) in [7, 11) is 1.26. The second kappa shape index (κ2) is 9.04. The summed E-state index contributed by atoms with van der Waals surface area (Å²) in [5.74, 6) is -1.03. The number of hydrogen-bond acceptors (Lipinski definition) is 5. The molecule has 28 heavy (non-hydrogen) atoms. The Morgan fingerprint density at radius 3 is 2.50 bits per heavy atom. The maximum atomic E-state index is 14.1. The van der Waals surface area contributed by atoms with Gasteiger partial charge in [-0.05, 0) is 57.2 Å². The van der Waals surface area contributed by atoms with Gasteiger partial charge in [0.25, 0.3) is 0 Å². The fourth-order valence-corrected chi connectivity index (χ4v) is 2.83. The average molecular weight is 390 g/mol. The zero-order valence-electron chi connectivity index (χ0n) is 17.0. The molecule has 0 unspecified atom stereocenters. The lowest BCUT2D eigenvalue weighted by atomic mass is 10.0. The van der Waals surface area contributed by atoms with Crippen molar-refractivity contribution in [2.75, 3.05) is 7.11 Å². The summed E-state index contributed by atoms with van der Waals surface area (Å²) in [5, 5.41) is 0.932. The van der Waals surface area contributed by atoms with Gasteiger partial charge in [0.1, 0.15) is 22.7 Å². The predicted octanol–water partition coefficient (Wildman–Crippen LogP) is 5.04. The summed E-state index contributed by atoms with van der Waals surface area (Å²) < 4.78 is 30.3. The van der Waals surface area contributed by atoms with Gasteiger partial charge in [0.05, 0.1) is 13.2 Å². The molecular formula is C22H27FO5. The number of hydrogen-bond donors (Lipinski definition) is 0. The van der Waals surface area contributed by atoms with Crippen molar-refractivity contribution < 1.29 is 28.2 Å². The standard InChI is InChI=1S/C22H27FO5/c1-6-15(10-11-20(24)28-22(2,3)4)27-19-12-14-8-7-9-18(23)16(14)13-17(19)21(25)26-5/h7-9,12-13,15H,6,10-11H2,1-5H3/t15-/m1/s1. The van der Waals surface area contributed by atoms with Gasteiger partial charge < -0.3 is 14.2 Å². The van der Waals surface area contributed by atoms with E-state index in [9.17, 15) is 14.0 Å². The monoisotopic (exact) mass is 390 g/mol. The van der Waals surface area contributed by atoms with Gasteiger partial charge in [0, 0.05) is 11.8 Å². The van der Waals surface area contributed by atoms with Crippen molar-refractivity contribution in [3.63, 3.8) is 0 Å². The number of methoxy groups -OCH3 is 1. The second-order valence-corrected chi connectivity index (χ2v) is 7.57. The van der Waals surface area contributed by atoms with Crippen molar-refractivity contribution in [2.45, 2.75) is 58.7 Å². The first-order valence-corrected chi connectivity index (χ1v) is 9.33. The zero-order chi connectivity index (χ0) is 20.9. The molecule has 0 saturated carbocycles. The van der Waals surface area contributed by atoms with Crippen molar-refractivity contribution >= 4 is 22.7 Å². The minimum absolute atomic E-state index is 0.149. The van der Waals surface area contributed by atoms with Crippen molar-refractivity contribution in [2.24, 2.45) is 0 Å². The smallest absolute Gasteiger partial charge is 0.341 e. The van der Waals surface area contributed by atoms with E-state index in [0.717, 1.165) is 0 Å². The average Bonchev–Trinajstić information content (AvgIpc) is 2.62. The summed E-state index contributed by atoms with van der Waals surface area (Å²) in [5.41, 5.74) is -0.393. The van der Waals surface area contributed by atoms with Crippen molar-refractivity contribution in [3.8, 4) is 5.75 Å². The zero-order valence-corrected chi connectivity index (χ0v) is 17.0. The van der Waals surface area contributed by atoms with Crippen LogP contribution in [0.25, 0.3) is 10.8 Å². The van der Waals surface area contributed by atoms with Crippen LogP contribution in [-0.2, 0) is 14.3 Å². The molecule has 2 aromatic rings. The van der Waals surface area contributed by atoms with Crippen LogP contribution in [0.15, 0.2) is 30.3 Å². The van der Waals surface area contributed by atoms with E-state index in [4.69, 9.17) is 14.2 Å². The minimum atomic E-state index is -0.609. The number of halogens is 1. The molecule has 0 spiro atoms. The number of benzene rings is 2. The summed E-state index contributed by atoms with van der Waals surface area (Å²) >= 11 is 0. The highest BCUT2D eigenvalue weighted by Crippen LogP contribution is 2.30. The quantitative estimate of drug-likeness (QED) is 0.620. The molecule has 0 N–H and O–H groups in total. The molecule has 2 aromatic carbocycles. The van der Waals surface area contributed by atoms with Crippen molar-refractivity contribution in [1.82, 2.24) is 0 Å². The molecular weight excluding hydrogens is 363 g/mol. The highest BCUT2D eigenvalue weighted by molar-refractivity contribution is 5.98. The Hall–Kier alpha value is -2.63. The SMILES string of the molecule is CC[C@H](CCC(=O)OC(C)(C)C)Oc1cc2cccc(F)c2cc1C(=O)OC. The highest BCUT2D eigenvalue weighted by Gasteiger charge is 2.21. The van der Waals surface area contributed by atoms with Gasteiger partial charge in [0.15, 0.2) is 0 Å². The number of esters is 2. The third kappa shape index (κ3) is 5.68. The first kappa shape index (κ1) is 21.7. The number of carbonyl (C=O) groups is 2. The van der Waals surface area contributed by atoms with Crippen molar-refractivity contribution in [1.29, 1.82) is 0 Å². The summed E-state index contributed by atoms with van der Waals surface area (Å²) in [6.45, 7) is 7.37. The molecule has 0 aliphatic heterocycles. The van der Waals surface area contributed by atoms with Gasteiger partial charge >= 0.3 is 11.9 Å². The van der Waals surface area contributed by atoms with E-state index in [1.165, 1.54) is 19.2 Å². The highest BCUT2D eigenvalue weighted by atomic mass is 19.1. The van der Waals surface area contributed by atoms with Gasteiger partial charge in [0.2, 0.25) is 0 Å². The maximum absolute atomic E-state index is 14.1. The molecule has 5 nitrogen and oxygen atoms in total. The maximum Gasteiger partial charge on any atom is 0.341 e. The fourth-order valence-electron chi connectivity index (χ4n) is 2.83. The first-order valence-electron chi connectivity index (χ1n) is 9.33. The van der Waals surface area contributed by atoms with E-state index in [0.29, 0.717) is 29.4 Å². The normalized spacial score (nSPS) is 12.5. The van der Waals surface area contributed by atoms with E-state index in [-0.39, 0.29) is 24.1 Å². The molecule has 2 rings (SSSR count). The molecule has 0 fully saturated rings. The lowest BCUT2D eigenvalue weighted by Gasteiger charge is -2.22. The minimum Gasteiger partial charge on any atom is -0.490 e. The summed E-state index contributed by atoms with van der Waals surface area (Å²) in [6.07, 6.45) is 0.963. The Balaban J connectivity index is 2.24. The Bertz CT molecular complexity index is 854. The van der Waals surface area contributed by atoms with E-state index in [2.05, 4.69) is 0 Å². The van der Waals surface area contributed by atoms with Crippen LogP contribution in [0.3, 0.4) is 0 Å². The third-order valence-corrected chi connectivity index (χ3v) is 4.17. The van der Waals surface area contributed by atoms with Crippen LogP contribution >= 0.6 is 0 Å². The Morgan fingerprint density at radius 2 is 1.89 bits per heavy atom. The summed E-state index contributed by atoms with van der Waals surface area (Å²) in [4.78, 5) is 24.2. The Morgan fingerprint density at radius 1 is 1.18 bits per heavy atom. The van der Waals surface area contributed by atoms with Gasteiger partial charge in [-0.15, -0.1) is 0 Å². The molecule has 0 aromatic heterocycles. The lowest BCUT2D eigenvalue weighted by molar-refractivity contribution is -0.155. The number of ether oxygens (including phenoxy) is 3. The second-order valence-electron chi connectivity index (χ2n) is 7.57. The van der Waals surface area contributed by atoms with Crippen LogP contribution in [0, 0.1) is 5.82 Å². The summed E-state index contributed by atoms with van der Waals surface area (Å²) in [6, 6.07) is 7.74. The molecule has 0 heterocycles. The van der Waals surface area contributed by atoms with Crippen LogP contribution in [0.4, 0.5) is 4.39 Å². The molecule has 0 amide bonds.